The van der Waals surface area contributed by atoms with E-state index in [1.165, 1.54) is 0 Å². The van der Waals surface area contributed by atoms with Crippen LogP contribution in [0.5, 0.6) is 0 Å². The maximum absolute atomic E-state index is 13.0. The Bertz CT molecular complexity index is 786. The molecule has 1 unspecified atom stereocenters. The highest BCUT2D eigenvalue weighted by atomic mass is 16.2. The first-order valence-corrected chi connectivity index (χ1v) is 8.58. The van der Waals surface area contributed by atoms with E-state index >= 15 is 0 Å². The van der Waals surface area contributed by atoms with E-state index in [1.54, 1.807) is 0 Å². The second-order valence-corrected chi connectivity index (χ2v) is 6.24. The lowest BCUT2D eigenvalue weighted by Gasteiger charge is -2.18. The summed E-state index contributed by atoms with van der Waals surface area (Å²) in [7, 11) is 0. The lowest BCUT2D eigenvalue weighted by molar-refractivity contribution is -0.122. The van der Waals surface area contributed by atoms with Gasteiger partial charge in [0.2, 0.25) is 5.91 Å². The normalized spacial score (nSPS) is 18.1. The van der Waals surface area contributed by atoms with Gasteiger partial charge >= 0.3 is 0 Å². The maximum atomic E-state index is 13.0. The summed E-state index contributed by atoms with van der Waals surface area (Å²) in [6.45, 7) is 4.65. The Balaban J connectivity index is 1.99. The monoisotopic (exact) mass is 325 g/mol. The fourth-order valence-corrected chi connectivity index (χ4v) is 3.30. The van der Waals surface area contributed by atoms with Gasteiger partial charge in [0.15, 0.2) is 0 Å². The summed E-state index contributed by atoms with van der Waals surface area (Å²) in [6.07, 6.45) is 3.33. The van der Waals surface area contributed by atoms with Crippen LogP contribution in [0.25, 0.3) is 10.9 Å². The average Bonchev–Trinajstić information content (AvgIpc) is 2.78. The first-order valence-electron chi connectivity index (χ1n) is 8.58. The van der Waals surface area contributed by atoms with E-state index in [1.807, 2.05) is 38.1 Å². The second-order valence-electron chi connectivity index (χ2n) is 6.24. The minimum absolute atomic E-state index is 0.0902. The van der Waals surface area contributed by atoms with E-state index < -0.39 is 6.04 Å². The third-order valence-electron chi connectivity index (χ3n) is 4.64. The van der Waals surface area contributed by atoms with Crippen LogP contribution in [-0.4, -0.2) is 29.4 Å². The quantitative estimate of drug-likeness (QED) is 0.911. The Kier molecular flexibility index (Phi) is 4.79. The third-order valence-corrected chi connectivity index (χ3v) is 4.64. The number of nitrogens with zero attached hydrogens (tertiary/aromatic N) is 1. The molecule has 2 N–H and O–H groups in total. The standard InChI is InChI=1S/C19H23N3O2/c1-3-14-12(2)17(13-8-4-5-9-15(13)21-14)19(24)22-16-10-6-7-11-20-18(16)23/h4-5,8-9,16H,3,6-7,10-11H2,1-2H3,(H,20,23)(H,22,24). The Morgan fingerprint density at radius 1 is 1.33 bits per heavy atom. The van der Waals surface area contributed by atoms with E-state index in [0.717, 1.165) is 41.4 Å². The van der Waals surface area contributed by atoms with Crippen LogP contribution in [0.2, 0.25) is 0 Å². The molecule has 1 aliphatic rings. The van der Waals surface area contributed by atoms with Gasteiger partial charge in [0.05, 0.1) is 11.1 Å². The van der Waals surface area contributed by atoms with Gasteiger partial charge in [0, 0.05) is 17.6 Å². The van der Waals surface area contributed by atoms with Crippen molar-refractivity contribution in [2.24, 2.45) is 0 Å². The molecular weight excluding hydrogens is 302 g/mol. The van der Waals surface area contributed by atoms with E-state index in [-0.39, 0.29) is 11.8 Å². The lowest BCUT2D eigenvalue weighted by atomic mass is 9.99. The van der Waals surface area contributed by atoms with Crippen molar-refractivity contribution in [3.63, 3.8) is 0 Å². The minimum Gasteiger partial charge on any atom is -0.354 e. The van der Waals surface area contributed by atoms with Crippen LogP contribution < -0.4 is 10.6 Å². The number of hydrogen-bond donors (Lipinski definition) is 2. The summed E-state index contributed by atoms with van der Waals surface area (Å²) in [5.41, 5.74) is 3.26. The SMILES string of the molecule is CCc1nc2ccccc2c(C(=O)NC2CCCCNC2=O)c1C. The van der Waals surface area contributed by atoms with Crippen LogP contribution in [0, 0.1) is 6.92 Å². The van der Waals surface area contributed by atoms with Gasteiger partial charge in [-0.3, -0.25) is 14.6 Å². The van der Waals surface area contributed by atoms with Crippen molar-refractivity contribution >= 4 is 22.7 Å². The Labute approximate surface area is 141 Å². The molecule has 5 heteroatoms. The maximum Gasteiger partial charge on any atom is 0.252 e. The molecule has 1 aromatic carbocycles. The van der Waals surface area contributed by atoms with Crippen LogP contribution in [0.15, 0.2) is 24.3 Å². The molecule has 0 spiro atoms. The number of rotatable bonds is 3. The Morgan fingerprint density at radius 3 is 2.92 bits per heavy atom. The molecule has 0 bridgehead atoms. The number of benzene rings is 1. The number of amides is 2. The fourth-order valence-electron chi connectivity index (χ4n) is 3.30. The van der Waals surface area contributed by atoms with Crippen molar-refractivity contribution in [1.82, 2.24) is 15.6 Å². The van der Waals surface area contributed by atoms with Gasteiger partial charge in [-0.25, -0.2) is 0 Å². The first-order chi connectivity index (χ1) is 11.6. The highest BCUT2D eigenvalue weighted by Gasteiger charge is 2.25. The molecule has 2 heterocycles. The molecule has 2 amide bonds. The van der Waals surface area contributed by atoms with E-state index in [0.29, 0.717) is 18.5 Å². The average molecular weight is 325 g/mol. The summed E-state index contributed by atoms with van der Waals surface area (Å²) in [6, 6.07) is 7.20. The molecule has 0 saturated carbocycles. The highest BCUT2D eigenvalue weighted by molar-refractivity contribution is 6.08. The van der Waals surface area contributed by atoms with E-state index in [4.69, 9.17) is 0 Å². The third kappa shape index (κ3) is 3.11. The highest BCUT2D eigenvalue weighted by Crippen LogP contribution is 2.24. The summed E-state index contributed by atoms with van der Waals surface area (Å²) >= 11 is 0. The number of fused-ring (bicyclic) bond motifs is 1. The summed E-state index contributed by atoms with van der Waals surface area (Å²) in [5.74, 6) is -0.282. The summed E-state index contributed by atoms with van der Waals surface area (Å²) < 4.78 is 0. The number of carbonyl (C=O) groups excluding carboxylic acids is 2. The number of pyridine rings is 1. The number of nitrogens with one attached hydrogen (secondary N) is 2. The number of carbonyl (C=O) groups is 2. The molecule has 1 aromatic heterocycles. The predicted octanol–water partition coefficient (Wildman–Crippen LogP) is 2.50. The van der Waals surface area contributed by atoms with Crippen LogP contribution >= 0.6 is 0 Å². The summed E-state index contributed by atoms with van der Waals surface area (Å²) in [5, 5.41) is 6.62. The molecule has 1 saturated heterocycles. The van der Waals surface area contributed by atoms with Gasteiger partial charge in [-0.05, 0) is 44.2 Å². The zero-order valence-corrected chi connectivity index (χ0v) is 14.2. The largest absolute Gasteiger partial charge is 0.354 e. The zero-order chi connectivity index (χ0) is 17.1. The van der Waals surface area contributed by atoms with Gasteiger partial charge in [-0.15, -0.1) is 0 Å². The van der Waals surface area contributed by atoms with Gasteiger partial charge in [0.25, 0.3) is 5.91 Å². The van der Waals surface area contributed by atoms with Gasteiger partial charge in [0.1, 0.15) is 6.04 Å². The smallest absolute Gasteiger partial charge is 0.252 e. The van der Waals surface area contributed by atoms with Crippen molar-refractivity contribution in [3.05, 3.63) is 41.1 Å². The topological polar surface area (TPSA) is 71.1 Å². The molecule has 5 nitrogen and oxygen atoms in total. The molecule has 126 valence electrons. The van der Waals surface area contributed by atoms with Crippen molar-refractivity contribution in [2.45, 2.75) is 45.6 Å². The number of hydrogen-bond acceptors (Lipinski definition) is 3. The Hall–Kier alpha value is -2.43. The van der Waals surface area contributed by atoms with Crippen LogP contribution in [0.4, 0.5) is 0 Å². The van der Waals surface area contributed by atoms with Crippen LogP contribution in [-0.2, 0) is 11.2 Å². The van der Waals surface area contributed by atoms with Gasteiger partial charge < -0.3 is 10.6 Å². The predicted molar refractivity (Wildman–Crippen MR) is 94.0 cm³/mol. The molecule has 0 radical (unpaired) electrons. The second kappa shape index (κ2) is 6.99. The number of aromatic nitrogens is 1. The molecular formula is C19H23N3O2. The fraction of sp³-hybridized carbons (Fsp3) is 0.421. The van der Waals surface area contributed by atoms with Crippen molar-refractivity contribution in [1.29, 1.82) is 0 Å². The number of aryl methyl sites for hydroxylation is 1. The first kappa shape index (κ1) is 16.4. The van der Waals surface area contributed by atoms with Crippen LogP contribution in [0.1, 0.15) is 47.8 Å². The minimum atomic E-state index is -0.462. The van der Waals surface area contributed by atoms with Crippen molar-refractivity contribution < 1.29 is 9.59 Å². The molecule has 1 fully saturated rings. The van der Waals surface area contributed by atoms with Gasteiger partial charge in [-0.2, -0.15) is 0 Å². The van der Waals surface area contributed by atoms with E-state index in [2.05, 4.69) is 15.6 Å². The number of para-hydroxylation sites is 1. The van der Waals surface area contributed by atoms with Gasteiger partial charge in [-0.1, -0.05) is 25.1 Å². The molecule has 24 heavy (non-hydrogen) atoms. The van der Waals surface area contributed by atoms with Crippen molar-refractivity contribution in [2.75, 3.05) is 6.54 Å². The Morgan fingerprint density at radius 2 is 2.12 bits per heavy atom. The summed E-state index contributed by atoms with van der Waals surface area (Å²) in [4.78, 5) is 29.7. The zero-order valence-electron chi connectivity index (χ0n) is 14.2. The van der Waals surface area contributed by atoms with Crippen molar-refractivity contribution in [3.8, 4) is 0 Å². The molecule has 1 atom stereocenters. The molecule has 2 aromatic rings. The molecule has 3 rings (SSSR count). The van der Waals surface area contributed by atoms with Crippen LogP contribution in [0.3, 0.4) is 0 Å². The molecule has 0 aliphatic carbocycles. The van der Waals surface area contributed by atoms with E-state index in [9.17, 15) is 9.59 Å². The molecule has 1 aliphatic heterocycles. The lowest BCUT2D eigenvalue weighted by Crippen LogP contribution is -2.45.